The molecule has 0 radical (unpaired) electrons. The first-order chi connectivity index (χ1) is 8.66. The van der Waals surface area contributed by atoms with Crippen LogP contribution in [0.5, 0.6) is 0 Å². The molecule has 5 nitrogen and oxygen atoms in total. The molecule has 0 fully saturated rings. The molecule has 0 aliphatic carbocycles. The maximum absolute atomic E-state index is 11.8. The first-order valence-corrected chi connectivity index (χ1v) is 6.52. The lowest BCUT2D eigenvalue weighted by Gasteiger charge is -2.09. The Labute approximate surface area is 120 Å². The molecule has 2 aromatic heterocycles. The number of urea groups is 1. The predicted molar refractivity (Wildman–Crippen MR) is 76.5 cm³/mol. The van der Waals surface area contributed by atoms with Crippen LogP contribution in [0, 0.1) is 0 Å². The van der Waals surface area contributed by atoms with Gasteiger partial charge in [-0.25, -0.2) is 4.79 Å². The Kier molecular flexibility index (Phi) is 4.27. The van der Waals surface area contributed by atoms with E-state index >= 15 is 0 Å². The van der Waals surface area contributed by atoms with E-state index in [1.54, 1.807) is 36.9 Å². The third-order valence-corrected chi connectivity index (χ3v) is 3.31. The van der Waals surface area contributed by atoms with E-state index in [4.69, 9.17) is 0 Å². The molecule has 2 amide bonds. The highest BCUT2D eigenvalue weighted by atomic mass is 79.9. The Bertz CT molecular complexity index is 527. The number of pyridine rings is 2. The fourth-order valence-corrected chi connectivity index (χ4v) is 1.93. The molecule has 0 unspecified atom stereocenters. The molecule has 2 heterocycles. The van der Waals surface area contributed by atoms with E-state index in [1.807, 2.05) is 0 Å². The van der Waals surface area contributed by atoms with Crippen LogP contribution in [0.2, 0.25) is 0 Å². The first kappa shape index (κ1) is 13.0. The van der Waals surface area contributed by atoms with Gasteiger partial charge in [-0.1, -0.05) is 0 Å². The minimum Gasteiger partial charge on any atom is -0.306 e. The summed E-state index contributed by atoms with van der Waals surface area (Å²) in [6, 6.07) is 3.06. The van der Waals surface area contributed by atoms with Crippen LogP contribution in [-0.2, 0) is 0 Å². The number of rotatable bonds is 2. The molecule has 0 saturated heterocycles. The molecule has 0 spiro atoms. The van der Waals surface area contributed by atoms with Crippen molar-refractivity contribution in [3.63, 3.8) is 0 Å². The summed E-state index contributed by atoms with van der Waals surface area (Å²) in [6.45, 7) is 0. The summed E-state index contributed by atoms with van der Waals surface area (Å²) in [6.07, 6.45) is 6.42. The van der Waals surface area contributed by atoms with Crippen LogP contribution in [0.25, 0.3) is 0 Å². The summed E-state index contributed by atoms with van der Waals surface area (Å²) >= 11 is 6.60. The SMILES string of the molecule is O=C(Nc1ccncc1Br)Nc1ccncc1Br. The van der Waals surface area contributed by atoms with Crippen LogP contribution in [0.4, 0.5) is 16.2 Å². The lowest BCUT2D eigenvalue weighted by molar-refractivity contribution is 0.262. The molecule has 2 N–H and O–H groups in total. The minimum absolute atomic E-state index is 0.339. The molecule has 92 valence electrons. The Hall–Kier alpha value is -1.47. The zero-order chi connectivity index (χ0) is 13.0. The van der Waals surface area contributed by atoms with Crippen molar-refractivity contribution in [3.8, 4) is 0 Å². The minimum atomic E-state index is -0.339. The van der Waals surface area contributed by atoms with E-state index in [0.717, 1.165) is 0 Å². The topological polar surface area (TPSA) is 66.9 Å². The average molecular weight is 372 g/mol. The number of nitrogens with zero attached hydrogens (tertiary/aromatic N) is 2. The monoisotopic (exact) mass is 370 g/mol. The molecule has 2 aromatic rings. The summed E-state index contributed by atoms with van der Waals surface area (Å²) in [4.78, 5) is 19.6. The van der Waals surface area contributed by atoms with E-state index in [-0.39, 0.29) is 6.03 Å². The number of aromatic nitrogens is 2. The van der Waals surface area contributed by atoms with Crippen LogP contribution < -0.4 is 10.6 Å². The third kappa shape index (κ3) is 3.27. The van der Waals surface area contributed by atoms with Gasteiger partial charge in [-0.2, -0.15) is 0 Å². The van der Waals surface area contributed by atoms with Crippen LogP contribution in [0.15, 0.2) is 45.9 Å². The molecular weight excluding hydrogens is 364 g/mol. The van der Waals surface area contributed by atoms with Gasteiger partial charge in [0.15, 0.2) is 0 Å². The first-order valence-electron chi connectivity index (χ1n) is 4.94. The number of carbonyl (C=O) groups excluding carboxylic acids is 1. The molecule has 0 aliphatic rings. The Morgan fingerprint density at radius 2 is 1.39 bits per heavy atom. The van der Waals surface area contributed by atoms with Gasteiger partial charge in [-0.15, -0.1) is 0 Å². The number of hydrogen-bond donors (Lipinski definition) is 2. The highest BCUT2D eigenvalue weighted by Gasteiger charge is 2.07. The lowest BCUT2D eigenvalue weighted by atomic mass is 10.4. The largest absolute Gasteiger partial charge is 0.323 e. The van der Waals surface area contributed by atoms with Crippen molar-refractivity contribution in [2.45, 2.75) is 0 Å². The standard InChI is InChI=1S/C11H8Br2N4O/c12-7-5-14-3-1-9(7)16-11(18)17-10-2-4-15-6-8(10)13/h1-6H,(H2,14,15,16,17,18). The van der Waals surface area contributed by atoms with E-state index in [1.165, 1.54) is 0 Å². The second-order valence-corrected chi connectivity index (χ2v) is 5.00. The van der Waals surface area contributed by atoms with E-state index in [0.29, 0.717) is 20.3 Å². The molecule has 7 heteroatoms. The van der Waals surface area contributed by atoms with Crippen LogP contribution in [0.3, 0.4) is 0 Å². The number of halogens is 2. The summed E-state index contributed by atoms with van der Waals surface area (Å²) in [5.74, 6) is 0. The molecule has 0 aromatic carbocycles. The number of nitrogens with one attached hydrogen (secondary N) is 2. The van der Waals surface area contributed by atoms with Gasteiger partial charge < -0.3 is 10.6 Å². The van der Waals surface area contributed by atoms with Gasteiger partial charge in [0.1, 0.15) is 0 Å². The van der Waals surface area contributed by atoms with Gasteiger partial charge in [-0.3, -0.25) is 9.97 Å². The molecule has 2 rings (SSSR count). The highest BCUT2D eigenvalue weighted by molar-refractivity contribution is 9.11. The Balaban J connectivity index is 2.06. The van der Waals surface area contributed by atoms with Crippen molar-refractivity contribution in [3.05, 3.63) is 45.9 Å². The van der Waals surface area contributed by atoms with Crippen molar-refractivity contribution in [2.24, 2.45) is 0 Å². The Morgan fingerprint density at radius 1 is 0.944 bits per heavy atom. The van der Waals surface area contributed by atoms with Crippen molar-refractivity contribution in [2.75, 3.05) is 10.6 Å². The van der Waals surface area contributed by atoms with Crippen molar-refractivity contribution in [1.29, 1.82) is 0 Å². The molecule has 18 heavy (non-hydrogen) atoms. The van der Waals surface area contributed by atoms with Crippen molar-refractivity contribution >= 4 is 49.3 Å². The zero-order valence-electron chi connectivity index (χ0n) is 9.02. The highest BCUT2D eigenvalue weighted by Crippen LogP contribution is 2.22. The fraction of sp³-hybridized carbons (Fsp3) is 0. The van der Waals surface area contributed by atoms with E-state index < -0.39 is 0 Å². The van der Waals surface area contributed by atoms with Crippen LogP contribution >= 0.6 is 31.9 Å². The zero-order valence-corrected chi connectivity index (χ0v) is 12.2. The molecule has 0 atom stereocenters. The Morgan fingerprint density at radius 3 is 1.78 bits per heavy atom. The second-order valence-electron chi connectivity index (χ2n) is 3.29. The summed E-state index contributed by atoms with van der Waals surface area (Å²) in [7, 11) is 0. The van der Waals surface area contributed by atoms with E-state index in [9.17, 15) is 4.79 Å². The summed E-state index contributed by atoms with van der Waals surface area (Å²) in [5.41, 5.74) is 1.29. The second kappa shape index (κ2) is 5.92. The van der Waals surface area contributed by atoms with Gasteiger partial charge in [-0.05, 0) is 44.0 Å². The smallest absolute Gasteiger partial charge is 0.306 e. The van der Waals surface area contributed by atoms with E-state index in [2.05, 4.69) is 52.5 Å². The third-order valence-electron chi connectivity index (χ3n) is 2.04. The maximum atomic E-state index is 11.8. The lowest BCUT2D eigenvalue weighted by Crippen LogP contribution is -2.20. The van der Waals surface area contributed by atoms with Gasteiger partial charge in [0.25, 0.3) is 0 Å². The summed E-state index contributed by atoms with van der Waals surface area (Å²) in [5, 5.41) is 5.42. The predicted octanol–water partition coefficient (Wildman–Crippen LogP) is 3.65. The molecule has 0 bridgehead atoms. The number of carbonyl (C=O) groups is 1. The van der Waals surface area contributed by atoms with Crippen molar-refractivity contribution in [1.82, 2.24) is 9.97 Å². The van der Waals surface area contributed by atoms with Crippen LogP contribution in [-0.4, -0.2) is 16.0 Å². The maximum Gasteiger partial charge on any atom is 0.323 e. The number of anilines is 2. The quantitative estimate of drug-likeness (QED) is 0.846. The van der Waals surface area contributed by atoms with Gasteiger partial charge in [0.2, 0.25) is 0 Å². The summed E-state index contributed by atoms with van der Waals surface area (Å²) < 4.78 is 1.43. The average Bonchev–Trinajstić information content (AvgIpc) is 2.35. The van der Waals surface area contributed by atoms with Crippen LogP contribution in [0.1, 0.15) is 0 Å². The van der Waals surface area contributed by atoms with Gasteiger partial charge >= 0.3 is 6.03 Å². The fourth-order valence-electron chi connectivity index (χ4n) is 1.23. The molecular formula is C11H8Br2N4O. The van der Waals surface area contributed by atoms with Gasteiger partial charge in [0.05, 0.1) is 20.3 Å². The number of hydrogen-bond acceptors (Lipinski definition) is 3. The molecule has 0 aliphatic heterocycles. The van der Waals surface area contributed by atoms with Crippen molar-refractivity contribution < 1.29 is 4.79 Å². The number of amides is 2. The van der Waals surface area contributed by atoms with Gasteiger partial charge in [0, 0.05) is 24.8 Å². The molecule has 0 saturated carbocycles. The normalized spacial score (nSPS) is 9.89.